The molecule has 1 aromatic heterocycles. The lowest BCUT2D eigenvalue weighted by atomic mass is 9.98. The highest BCUT2D eigenvalue weighted by atomic mass is 32.1. The van der Waals surface area contributed by atoms with E-state index in [-0.39, 0.29) is 17.9 Å². The Morgan fingerprint density at radius 2 is 1.93 bits per heavy atom. The van der Waals surface area contributed by atoms with Crippen molar-refractivity contribution in [1.82, 2.24) is 9.88 Å². The predicted molar refractivity (Wildman–Crippen MR) is 96.7 cm³/mol. The van der Waals surface area contributed by atoms with Crippen LogP contribution in [0.3, 0.4) is 0 Å². The molecule has 148 valence electrons. The summed E-state index contributed by atoms with van der Waals surface area (Å²) >= 11 is 1.46. The van der Waals surface area contributed by atoms with Crippen molar-refractivity contribution in [3.63, 3.8) is 0 Å². The molecule has 0 saturated carbocycles. The molecule has 10 heteroatoms. The number of likely N-dealkylation sites (tertiary alicyclic amines) is 1. The summed E-state index contributed by atoms with van der Waals surface area (Å²) in [6.07, 6.45) is -0.252. The Labute approximate surface area is 162 Å². The number of oxime groups is 1. The van der Waals surface area contributed by atoms with Crippen molar-refractivity contribution in [2.24, 2.45) is 5.16 Å². The molecule has 1 unspecified atom stereocenters. The quantitative estimate of drug-likeness (QED) is 0.803. The maximum Gasteiger partial charge on any atom is 0.407 e. The Bertz CT molecular complexity index is 918. The third-order valence-electron chi connectivity index (χ3n) is 4.99. The van der Waals surface area contributed by atoms with Crippen molar-refractivity contribution in [2.75, 3.05) is 13.1 Å². The number of hydrogen-bond acceptors (Lipinski definition) is 6. The Morgan fingerprint density at radius 3 is 2.57 bits per heavy atom. The van der Waals surface area contributed by atoms with Crippen LogP contribution in [0.2, 0.25) is 0 Å². The number of nitrogens with zero attached hydrogens (tertiary/aromatic N) is 3. The standard InChI is InChI=1S/C18H17F2N3O4S/c19-11-5-10(24)6-12(20)16(11)15-7-13(22-27-15)14-8-28-17(21-14)9-1-3-23(4-2-9)18(25)26/h5-6,8-9,15,24H,1-4,7H2,(H,25,26). The summed E-state index contributed by atoms with van der Waals surface area (Å²) in [6.45, 7) is 0.945. The SMILES string of the molecule is O=C(O)N1CCC(c2nc(C3=NOC(c4c(F)cc(O)cc4F)C3)cs2)CC1. The van der Waals surface area contributed by atoms with E-state index in [9.17, 15) is 18.7 Å². The second-order valence-corrected chi connectivity index (χ2v) is 7.66. The molecule has 2 N–H and O–H groups in total. The molecule has 0 aliphatic carbocycles. The molecule has 2 aliphatic rings. The lowest BCUT2D eigenvalue weighted by Crippen LogP contribution is -2.36. The van der Waals surface area contributed by atoms with Crippen molar-refractivity contribution in [2.45, 2.75) is 31.3 Å². The van der Waals surface area contributed by atoms with Gasteiger partial charge in [0, 0.05) is 42.9 Å². The highest BCUT2D eigenvalue weighted by Crippen LogP contribution is 2.36. The number of amides is 1. The van der Waals surface area contributed by atoms with Crippen LogP contribution in [0.4, 0.5) is 13.6 Å². The minimum Gasteiger partial charge on any atom is -0.508 e. The van der Waals surface area contributed by atoms with E-state index in [1.54, 1.807) is 0 Å². The van der Waals surface area contributed by atoms with Crippen LogP contribution in [0, 0.1) is 11.6 Å². The molecule has 2 aliphatic heterocycles. The number of rotatable bonds is 3. The molecule has 1 amide bonds. The first-order chi connectivity index (χ1) is 13.4. The first kappa shape index (κ1) is 18.6. The molecule has 7 nitrogen and oxygen atoms in total. The number of phenols is 1. The van der Waals surface area contributed by atoms with Gasteiger partial charge in [0.25, 0.3) is 0 Å². The first-order valence-electron chi connectivity index (χ1n) is 8.76. The molecule has 0 radical (unpaired) electrons. The summed E-state index contributed by atoms with van der Waals surface area (Å²) in [5.41, 5.74) is 0.832. The van der Waals surface area contributed by atoms with Gasteiger partial charge in [-0.1, -0.05) is 5.16 Å². The van der Waals surface area contributed by atoms with E-state index in [0.717, 1.165) is 17.1 Å². The van der Waals surface area contributed by atoms with Gasteiger partial charge >= 0.3 is 6.09 Å². The van der Waals surface area contributed by atoms with Gasteiger partial charge in [0.1, 0.15) is 23.1 Å². The summed E-state index contributed by atoms with van der Waals surface area (Å²) in [6, 6.07) is 1.68. The van der Waals surface area contributed by atoms with Gasteiger partial charge < -0.3 is 20.0 Å². The van der Waals surface area contributed by atoms with Crippen molar-refractivity contribution in [3.05, 3.63) is 45.4 Å². The van der Waals surface area contributed by atoms with Crippen molar-refractivity contribution in [1.29, 1.82) is 0 Å². The molecule has 2 aromatic rings. The lowest BCUT2D eigenvalue weighted by Gasteiger charge is -2.28. The first-order valence-corrected chi connectivity index (χ1v) is 9.64. The Hall–Kier alpha value is -2.75. The summed E-state index contributed by atoms with van der Waals surface area (Å²) in [5, 5.41) is 25.0. The molecule has 1 atom stereocenters. The lowest BCUT2D eigenvalue weighted by molar-refractivity contribution is 0.0799. The molecule has 1 fully saturated rings. The maximum absolute atomic E-state index is 14.0. The third kappa shape index (κ3) is 3.51. The summed E-state index contributed by atoms with van der Waals surface area (Å²) in [5.74, 6) is -2.08. The number of hydrogen-bond donors (Lipinski definition) is 2. The van der Waals surface area contributed by atoms with E-state index in [0.29, 0.717) is 37.3 Å². The molecule has 0 bridgehead atoms. The largest absolute Gasteiger partial charge is 0.508 e. The van der Waals surface area contributed by atoms with Crippen LogP contribution in [0.25, 0.3) is 0 Å². The van der Waals surface area contributed by atoms with Crippen LogP contribution in [0.15, 0.2) is 22.7 Å². The Morgan fingerprint density at radius 1 is 1.25 bits per heavy atom. The van der Waals surface area contributed by atoms with Crippen molar-refractivity contribution in [3.8, 4) is 5.75 Å². The van der Waals surface area contributed by atoms with E-state index in [1.165, 1.54) is 16.2 Å². The number of piperidine rings is 1. The molecular formula is C18H17F2N3O4S. The molecule has 0 spiro atoms. The average molecular weight is 409 g/mol. The van der Waals surface area contributed by atoms with Crippen LogP contribution >= 0.6 is 11.3 Å². The number of carbonyl (C=O) groups is 1. The molecule has 3 heterocycles. The number of thiazole rings is 1. The van der Waals surface area contributed by atoms with Crippen molar-refractivity contribution < 1.29 is 28.6 Å². The molecule has 1 saturated heterocycles. The van der Waals surface area contributed by atoms with Crippen LogP contribution in [-0.2, 0) is 4.84 Å². The number of aromatic hydroxyl groups is 1. The Kier molecular flexibility index (Phi) is 4.88. The zero-order chi connectivity index (χ0) is 19.8. The number of phenolic OH excluding ortho intramolecular Hbond substituents is 1. The minimum atomic E-state index is -0.917. The van der Waals surface area contributed by atoms with Gasteiger partial charge in [0.05, 0.1) is 16.3 Å². The normalized spacial score (nSPS) is 20.1. The van der Waals surface area contributed by atoms with Gasteiger partial charge in [-0.15, -0.1) is 11.3 Å². The number of halogens is 2. The monoisotopic (exact) mass is 409 g/mol. The highest BCUT2D eigenvalue weighted by Gasteiger charge is 2.31. The van der Waals surface area contributed by atoms with Gasteiger partial charge in [0.15, 0.2) is 6.10 Å². The van der Waals surface area contributed by atoms with Crippen LogP contribution in [-0.4, -0.2) is 45.0 Å². The van der Waals surface area contributed by atoms with E-state index in [2.05, 4.69) is 10.1 Å². The summed E-state index contributed by atoms with van der Waals surface area (Å²) < 4.78 is 28.1. The van der Waals surface area contributed by atoms with E-state index in [4.69, 9.17) is 9.94 Å². The zero-order valence-electron chi connectivity index (χ0n) is 14.6. The molecule has 4 rings (SSSR count). The number of carboxylic acid groups (broad SMARTS) is 1. The maximum atomic E-state index is 14.0. The summed E-state index contributed by atoms with van der Waals surface area (Å²) in [4.78, 5) is 22.2. The fraction of sp³-hybridized carbons (Fsp3) is 0.389. The summed E-state index contributed by atoms with van der Waals surface area (Å²) in [7, 11) is 0. The third-order valence-corrected chi connectivity index (χ3v) is 5.99. The topological polar surface area (TPSA) is 95.2 Å². The Balaban J connectivity index is 1.44. The van der Waals surface area contributed by atoms with E-state index >= 15 is 0 Å². The van der Waals surface area contributed by atoms with Gasteiger partial charge in [-0.25, -0.2) is 18.6 Å². The van der Waals surface area contributed by atoms with E-state index < -0.39 is 29.6 Å². The smallest absolute Gasteiger partial charge is 0.407 e. The van der Waals surface area contributed by atoms with Gasteiger partial charge in [-0.05, 0) is 12.8 Å². The minimum absolute atomic E-state index is 0.166. The second-order valence-electron chi connectivity index (χ2n) is 6.77. The average Bonchev–Trinajstić information content (AvgIpc) is 3.30. The van der Waals surface area contributed by atoms with Gasteiger partial charge in [0.2, 0.25) is 0 Å². The van der Waals surface area contributed by atoms with Gasteiger partial charge in [-0.3, -0.25) is 0 Å². The fourth-order valence-corrected chi connectivity index (χ4v) is 4.49. The van der Waals surface area contributed by atoms with Crippen LogP contribution < -0.4 is 0 Å². The molecule has 28 heavy (non-hydrogen) atoms. The number of benzene rings is 1. The van der Waals surface area contributed by atoms with Gasteiger partial charge in [-0.2, -0.15) is 0 Å². The number of aromatic nitrogens is 1. The van der Waals surface area contributed by atoms with Crippen LogP contribution in [0.5, 0.6) is 5.75 Å². The molecule has 1 aromatic carbocycles. The zero-order valence-corrected chi connectivity index (χ0v) is 15.5. The van der Waals surface area contributed by atoms with Crippen LogP contribution in [0.1, 0.15) is 47.5 Å². The second kappa shape index (κ2) is 7.34. The highest BCUT2D eigenvalue weighted by molar-refractivity contribution is 7.10. The van der Waals surface area contributed by atoms with Crippen molar-refractivity contribution >= 4 is 23.1 Å². The molecular weight excluding hydrogens is 392 g/mol. The predicted octanol–water partition coefficient (Wildman–Crippen LogP) is 3.85. The van der Waals surface area contributed by atoms with E-state index in [1.807, 2.05) is 5.38 Å². The fourth-order valence-electron chi connectivity index (χ4n) is 3.49.